The van der Waals surface area contributed by atoms with Gasteiger partial charge in [0.2, 0.25) is 0 Å². The molecule has 2 aliphatic rings. The predicted octanol–water partition coefficient (Wildman–Crippen LogP) is 2.81. The normalized spacial score (nSPS) is 20.3. The molecule has 0 aromatic heterocycles. The first-order chi connectivity index (χ1) is 13.7. The Morgan fingerprint density at radius 1 is 0.966 bits per heavy atom. The van der Waals surface area contributed by atoms with E-state index in [1.54, 1.807) is 0 Å². The molecule has 0 amide bonds. The van der Waals surface area contributed by atoms with E-state index in [9.17, 15) is 21.6 Å². The van der Waals surface area contributed by atoms with Crippen molar-refractivity contribution in [1.82, 2.24) is 9.03 Å². The molecule has 4 rings (SSSR count). The summed E-state index contributed by atoms with van der Waals surface area (Å²) in [5.74, 6) is 0. The standard InChI is InChI=1S/C19H21F3N4O2S/c1-23-29(27,28)24-10-11-25-16(12-24)13-26(18-5-3-2-4-17(18)25)15-8-6-14(7-9-15)19(20,21)22/h2-9,16,23H,10-13H2,1H3. The van der Waals surface area contributed by atoms with E-state index in [0.29, 0.717) is 31.9 Å². The van der Waals surface area contributed by atoms with Crippen molar-refractivity contribution in [3.63, 3.8) is 0 Å². The number of nitrogens with zero attached hydrogens (tertiary/aromatic N) is 3. The predicted molar refractivity (Wildman–Crippen MR) is 106 cm³/mol. The van der Waals surface area contributed by atoms with E-state index in [0.717, 1.165) is 23.5 Å². The Bertz CT molecular complexity index is 995. The van der Waals surface area contributed by atoms with Crippen LogP contribution in [0.2, 0.25) is 0 Å². The van der Waals surface area contributed by atoms with Gasteiger partial charge >= 0.3 is 6.18 Å². The van der Waals surface area contributed by atoms with Crippen LogP contribution in [-0.2, 0) is 16.4 Å². The zero-order valence-electron chi connectivity index (χ0n) is 15.7. The van der Waals surface area contributed by atoms with Gasteiger partial charge in [0, 0.05) is 38.9 Å². The molecule has 1 unspecified atom stereocenters. The van der Waals surface area contributed by atoms with Crippen LogP contribution in [0.5, 0.6) is 0 Å². The minimum absolute atomic E-state index is 0.121. The largest absolute Gasteiger partial charge is 0.416 e. The molecule has 0 radical (unpaired) electrons. The van der Waals surface area contributed by atoms with Gasteiger partial charge in [0.1, 0.15) is 0 Å². The van der Waals surface area contributed by atoms with Gasteiger partial charge in [0.05, 0.1) is 23.0 Å². The van der Waals surface area contributed by atoms with Crippen LogP contribution in [0.3, 0.4) is 0 Å². The zero-order chi connectivity index (χ0) is 20.8. The van der Waals surface area contributed by atoms with E-state index in [-0.39, 0.29) is 6.04 Å². The Balaban J connectivity index is 1.69. The van der Waals surface area contributed by atoms with Crippen molar-refractivity contribution in [3.8, 4) is 0 Å². The Morgan fingerprint density at radius 2 is 1.62 bits per heavy atom. The molecule has 156 valence electrons. The smallest absolute Gasteiger partial charge is 0.362 e. The minimum atomic E-state index is -4.39. The number of nitrogens with one attached hydrogen (secondary N) is 1. The fourth-order valence-electron chi connectivity index (χ4n) is 3.97. The average molecular weight is 426 g/mol. The second-order valence-corrected chi connectivity index (χ2v) is 8.93. The number of fused-ring (bicyclic) bond motifs is 3. The molecule has 1 N–H and O–H groups in total. The summed E-state index contributed by atoms with van der Waals surface area (Å²) in [5, 5.41) is 0. The number of anilines is 3. The van der Waals surface area contributed by atoms with Crippen molar-refractivity contribution in [1.29, 1.82) is 0 Å². The lowest BCUT2D eigenvalue weighted by atomic mass is 10.0. The topological polar surface area (TPSA) is 55.9 Å². The first kappa shape index (κ1) is 20.0. The summed E-state index contributed by atoms with van der Waals surface area (Å²) in [5.41, 5.74) is 1.79. The third-order valence-corrected chi connectivity index (χ3v) is 6.95. The Morgan fingerprint density at radius 3 is 2.24 bits per heavy atom. The Kier molecular flexibility index (Phi) is 4.96. The number of hydrogen-bond acceptors (Lipinski definition) is 4. The van der Waals surface area contributed by atoms with Crippen molar-refractivity contribution in [3.05, 3.63) is 54.1 Å². The molecule has 2 aromatic carbocycles. The van der Waals surface area contributed by atoms with E-state index in [4.69, 9.17) is 0 Å². The molecule has 0 aliphatic carbocycles. The van der Waals surface area contributed by atoms with E-state index >= 15 is 0 Å². The van der Waals surface area contributed by atoms with E-state index < -0.39 is 21.9 Å². The van der Waals surface area contributed by atoms with Crippen molar-refractivity contribution in [2.75, 3.05) is 43.0 Å². The van der Waals surface area contributed by atoms with Gasteiger partial charge < -0.3 is 9.80 Å². The Hall–Kier alpha value is -2.30. The molecule has 1 saturated heterocycles. The highest BCUT2D eigenvalue weighted by Gasteiger charge is 2.38. The van der Waals surface area contributed by atoms with Gasteiger partial charge in [-0.2, -0.15) is 25.9 Å². The number of benzene rings is 2. The highest BCUT2D eigenvalue weighted by Crippen LogP contribution is 2.41. The Labute approximate surface area is 167 Å². The molecule has 6 nitrogen and oxygen atoms in total. The summed E-state index contributed by atoms with van der Waals surface area (Å²) in [6.45, 7) is 1.69. The summed E-state index contributed by atoms with van der Waals surface area (Å²) in [7, 11) is -2.16. The second-order valence-electron chi connectivity index (χ2n) is 7.06. The van der Waals surface area contributed by atoms with E-state index in [1.165, 1.54) is 23.5 Å². The molecular weight excluding hydrogens is 405 g/mol. The summed E-state index contributed by atoms with van der Waals surface area (Å²) in [4.78, 5) is 4.13. The van der Waals surface area contributed by atoms with Crippen molar-refractivity contribution in [2.45, 2.75) is 12.2 Å². The molecule has 2 aliphatic heterocycles. The molecule has 0 saturated carbocycles. The SMILES string of the molecule is CNS(=O)(=O)N1CCN2c3ccccc3N(c3ccc(C(F)(F)F)cc3)CC2C1. The van der Waals surface area contributed by atoms with Crippen molar-refractivity contribution >= 4 is 27.3 Å². The molecule has 0 bridgehead atoms. The lowest BCUT2D eigenvalue weighted by Gasteiger charge is -2.49. The van der Waals surface area contributed by atoms with Crippen LogP contribution in [0.4, 0.5) is 30.2 Å². The number of para-hydroxylation sites is 2. The lowest BCUT2D eigenvalue weighted by Crippen LogP contribution is -2.61. The third-order valence-electron chi connectivity index (χ3n) is 5.42. The summed E-state index contributed by atoms with van der Waals surface area (Å²) in [6.07, 6.45) is -4.39. The fourth-order valence-corrected chi connectivity index (χ4v) is 4.92. The van der Waals surface area contributed by atoms with Crippen LogP contribution in [0.1, 0.15) is 5.56 Å². The number of rotatable bonds is 3. The van der Waals surface area contributed by atoms with Gasteiger partial charge in [-0.1, -0.05) is 12.1 Å². The highest BCUT2D eigenvalue weighted by atomic mass is 32.2. The van der Waals surface area contributed by atoms with Crippen LogP contribution in [0, 0.1) is 0 Å². The van der Waals surface area contributed by atoms with Gasteiger partial charge in [-0.25, -0.2) is 4.72 Å². The van der Waals surface area contributed by atoms with E-state index in [1.807, 2.05) is 29.2 Å². The molecular formula is C19H21F3N4O2S. The van der Waals surface area contributed by atoms with Crippen LogP contribution >= 0.6 is 0 Å². The summed E-state index contributed by atoms with van der Waals surface area (Å²) < 4.78 is 67.0. The van der Waals surface area contributed by atoms with E-state index in [2.05, 4.69) is 9.62 Å². The minimum Gasteiger partial charge on any atom is -0.362 e. The maximum absolute atomic E-state index is 12.9. The fraction of sp³-hybridized carbons (Fsp3) is 0.368. The van der Waals surface area contributed by atoms with Gasteiger partial charge in [0.15, 0.2) is 0 Å². The van der Waals surface area contributed by atoms with Crippen LogP contribution in [-0.4, -0.2) is 52.0 Å². The molecule has 1 atom stereocenters. The van der Waals surface area contributed by atoms with Gasteiger partial charge in [-0.3, -0.25) is 0 Å². The summed E-state index contributed by atoms with van der Waals surface area (Å²) >= 11 is 0. The van der Waals surface area contributed by atoms with Crippen molar-refractivity contribution in [2.24, 2.45) is 0 Å². The monoisotopic (exact) mass is 426 g/mol. The number of piperazine rings is 1. The highest BCUT2D eigenvalue weighted by molar-refractivity contribution is 7.87. The van der Waals surface area contributed by atoms with Crippen LogP contribution < -0.4 is 14.5 Å². The van der Waals surface area contributed by atoms with Crippen LogP contribution in [0.25, 0.3) is 0 Å². The molecule has 2 heterocycles. The molecule has 29 heavy (non-hydrogen) atoms. The van der Waals surface area contributed by atoms with Crippen molar-refractivity contribution < 1.29 is 21.6 Å². The molecule has 10 heteroatoms. The number of alkyl halides is 3. The maximum atomic E-state index is 12.9. The third kappa shape index (κ3) is 3.67. The van der Waals surface area contributed by atoms with Gasteiger partial charge in [0.25, 0.3) is 10.2 Å². The lowest BCUT2D eigenvalue weighted by molar-refractivity contribution is -0.137. The quantitative estimate of drug-likeness (QED) is 0.820. The number of halogens is 3. The van der Waals surface area contributed by atoms with Gasteiger partial charge in [-0.05, 0) is 36.4 Å². The molecule has 1 fully saturated rings. The second kappa shape index (κ2) is 7.19. The first-order valence-corrected chi connectivity index (χ1v) is 10.6. The molecule has 0 spiro atoms. The van der Waals surface area contributed by atoms with Crippen LogP contribution in [0.15, 0.2) is 48.5 Å². The molecule has 2 aromatic rings. The average Bonchev–Trinajstić information content (AvgIpc) is 2.72. The van der Waals surface area contributed by atoms with Gasteiger partial charge in [-0.15, -0.1) is 0 Å². The maximum Gasteiger partial charge on any atom is 0.416 e. The first-order valence-electron chi connectivity index (χ1n) is 9.20. The number of hydrogen-bond donors (Lipinski definition) is 1. The zero-order valence-corrected chi connectivity index (χ0v) is 16.5. The summed E-state index contributed by atoms with van der Waals surface area (Å²) in [6, 6.07) is 12.6.